The van der Waals surface area contributed by atoms with Crippen LogP contribution in [-0.2, 0) is 14.3 Å². The molecule has 3 rings (SSSR count). The predicted molar refractivity (Wildman–Crippen MR) is 99.7 cm³/mol. The van der Waals surface area contributed by atoms with E-state index in [-0.39, 0.29) is 18.5 Å². The Hall–Kier alpha value is -1.20. The number of fused-ring (bicyclic) bond motifs is 2. The number of ether oxygens (including phenoxy) is 1. The Morgan fingerprint density at radius 2 is 2.00 bits per heavy atom. The minimum Gasteiger partial charge on any atom is -0.456 e. The standard InChI is InChI=1S/C19H24ClNO3S/c20-16-3-5-17(6-4-16)25-8-7-21-18(22)12-24-19(23)11-15-10-13-1-2-14(15)9-13/h3-6,13-15H,1-2,7-12H2,(H,21,22)/t13-,14+,15+/m0/s1. The molecule has 1 amide bonds. The molecule has 0 aromatic heterocycles. The Balaban J connectivity index is 1.25. The van der Waals surface area contributed by atoms with Gasteiger partial charge in [-0.25, -0.2) is 0 Å². The lowest BCUT2D eigenvalue weighted by Gasteiger charge is -2.20. The largest absolute Gasteiger partial charge is 0.456 e. The third-order valence-corrected chi connectivity index (χ3v) is 6.45. The lowest BCUT2D eigenvalue weighted by atomic mass is 9.86. The second-order valence-electron chi connectivity index (χ2n) is 6.95. The van der Waals surface area contributed by atoms with Gasteiger partial charge >= 0.3 is 5.97 Å². The number of rotatable bonds is 8. The lowest BCUT2D eigenvalue weighted by molar-refractivity contribution is -0.149. The van der Waals surface area contributed by atoms with Crippen LogP contribution >= 0.6 is 23.4 Å². The van der Waals surface area contributed by atoms with E-state index in [0.29, 0.717) is 29.8 Å². The summed E-state index contributed by atoms with van der Waals surface area (Å²) in [5.41, 5.74) is 0. The second kappa shape index (κ2) is 8.95. The number of esters is 1. The number of thioether (sulfide) groups is 1. The molecule has 0 radical (unpaired) electrons. The molecular weight excluding hydrogens is 358 g/mol. The van der Waals surface area contributed by atoms with Crippen molar-refractivity contribution in [2.45, 2.75) is 37.0 Å². The fourth-order valence-corrected chi connectivity index (χ4v) is 4.88. The van der Waals surface area contributed by atoms with E-state index in [2.05, 4.69) is 5.32 Å². The van der Waals surface area contributed by atoms with Crippen LogP contribution in [0.4, 0.5) is 0 Å². The quantitative estimate of drug-likeness (QED) is 0.421. The van der Waals surface area contributed by atoms with Crippen LogP contribution in [0, 0.1) is 17.8 Å². The van der Waals surface area contributed by atoms with Gasteiger partial charge in [0.1, 0.15) is 0 Å². The summed E-state index contributed by atoms with van der Waals surface area (Å²) in [5.74, 6) is 2.29. The van der Waals surface area contributed by atoms with Gasteiger partial charge in [0.15, 0.2) is 6.61 Å². The van der Waals surface area contributed by atoms with Gasteiger partial charge in [-0.2, -0.15) is 0 Å². The molecule has 1 aromatic rings. The van der Waals surface area contributed by atoms with Gasteiger partial charge in [-0.3, -0.25) is 9.59 Å². The molecule has 0 unspecified atom stereocenters. The average Bonchev–Trinajstić information content (AvgIpc) is 3.21. The first-order valence-electron chi connectivity index (χ1n) is 8.91. The van der Waals surface area contributed by atoms with Gasteiger partial charge < -0.3 is 10.1 Å². The number of carbonyl (C=O) groups excluding carboxylic acids is 2. The van der Waals surface area contributed by atoms with Crippen molar-refractivity contribution in [3.63, 3.8) is 0 Å². The van der Waals surface area contributed by atoms with Crippen LogP contribution < -0.4 is 5.32 Å². The van der Waals surface area contributed by atoms with Gasteiger partial charge in [0, 0.05) is 28.6 Å². The van der Waals surface area contributed by atoms with Crippen molar-refractivity contribution in [1.29, 1.82) is 0 Å². The molecule has 4 nitrogen and oxygen atoms in total. The van der Waals surface area contributed by atoms with Crippen LogP contribution in [0.2, 0.25) is 5.02 Å². The van der Waals surface area contributed by atoms with Gasteiger partial charge in [0.05, 0.1) is 0 Å². The van der Waals surface area contributed by atoms with E-state index in [9.17, 15) is 9.59 Å². The minimum atomic E-state index is -0.238. The van der Waals surface area contributed by atoms with E-state index in [1.54, 1.807) is 11.8 Å². The Labute approximate surface area is 158 Å². The number of halogens is 1. The molecule has 2 fully saturated rings. The molecule has 2 aliphatic rings. The summed E-state index contributed by atoms with van der Waals surface area (Å²) >= 11 is 7.48. The lowest BCUT2D eigenvalue weighted by Crippen LogP contribution is -2.31. The monoisotopic (exact) mass is 381 g/mol. The fraction of sp³-hybridized carbons (Fsp3) is 0.579. The third-order valence-electron chi connectivity index (χ3n) is 5.18. The van der Waals surface area contributed by atoms with Gasteiger partial charge in [0.2, 0.25) is 0 Å². The highest BCUT2D eigenvalue weighted by atomic mass is 35.5. The summed E-state index contributed by atoms with van der Waals surface area (Å²) in [7, 11) is 0. The van der Waals surface area contributed by atoms with Gasteiger partial charge in [-0.05, 0) is 61.3 Å². The normalized spacial score (nSPS) is 24.3. The van der Waals surface area contributed by atoms with E-state index in [1.807, 2.05) is 24.3 Å². The maximum Gasteiger partial charge on any atom is 0.306 e. The molecule has 1 N–H and O–H groups in total. The van der Waals surface area contributed by atoms with Crippen molar-refractivity contribution in [3.8, 4) is 0 Å². The molecule has 136 valence electrons. The molecule has 0 spiro atoms. The molecular formula is C19H24ClNO3S. The summed E-state index contributed by atoms with van der Waals surface area (Å²) < 4.78 is 5.13. The van der Waals surface area contributed by atoms with Gasteiger partial charge in [0.25, 0.3) is 5.91 Å². The van der Waals surface area contributed by atoms with E-state index < -0.39 is 0 Å². The molecule has 25 heavy (non-hydrogen) atoms. The zero-order valence-corrected chi connectivity index (χ0v) is 15.8. The SMILES string of the molecule is O=C(COC(=O)C[C@H]1C[C@H]2CC[C@@H]1C2)NCCSc1ccc(Cl)cc1. The first kappa shape index (κ1) is 18.6. The molecule has 0 heterocycles. The zero-order chi connectivity index (χ0) is 17.6. The number of carbonyl (C=O) groups is 2. The van der Waals surface area contributed by atoms with Crippen molar-refractivity contribution >= 4 is 35.2 Å². The van der Waals surface area contributed by atoms with E-state index in [0.717, 1.165) is 23.0 Å². The third kappa shape index (κ3) is 5.65. The van der Waals surface area contributed by atoms with E-state index in [1.165, 1.54) is 19.3 Å². The molecule has 2 aliphatic carbocycles. The van der Waals surface area contributed by atoms with Crippen LogP contribution in [0.25, 0.3) is 0 Å². The highest BCUT2D eigenvalue weighted by Gasteiger charge is 2.40. The van der Waals surface area contributed by atoms with Crippen LogP contribution in [-0.4, -0.2) is 30.8 Å². The smallest absolute Gasteiger partial charge is 0.306 e. The molecule has 1 aromatic carbocycles. The van der Waals surface area contributed by atoms with Crippen LogP contribution in [0.3, 0.4) is 0 Å². The van der Waals surface area contributed by atoms with Crippen LogP contribution in [0.15, 0.2) is 29.2 Å². The summed E-state index contributed by atoms with van der Waals surface area (Å²) in [5, 5.41) is 3.49. The van der Waals surface area contributed by atoms with Crippen molar-refractivity contribution in [2.24, 2.45) is 17.8 Å². The number of benzene rings is 1. The predicted octanol–water partition coefficient (Wildman–Crippen LogP) is 3.92. The highest BCUT2D eigenvalue weighted by Crippen LogP contribution is 2.49. The zero-order valence-electron chi connectivity index (χ0n) is 14.2. The minimum absolute atomic E-state index is 0.175. The van der Waals surface area contributed by atoms with Crippen molar-refractivity contribution in [2.75, 3.05) is 18.9 Å². The van der Waals surface area contributed by atoms with Crippen molar-refractivity contribution in [3.05, 3.63) is 29.3 Å². The molecule has 0 aliphatic heterocycles. The van der Waals surface area contributed by atoms with E-state index in [4.69, 9.17) is 16.3 Å². The van der Waals surface area contributed by atoms with Crippen LogP contribution in [0.1, 0.15) is 32.1 Å². The summed E-state index contributed by atoms with van der Waals surface area (Å²) in [6, 6.07) is 7.59. The molecule has 3 atom stereocenters. The second-order valence-corrected chi connectivity index (χ2v) is 8.56. The number of hydrogen-bond donors (Lipinski definition) is 1. The Kier molecular flexibility index (Phi) is 6.65. The maximum absolute atomic E-state index is 11.9. The molecule has 6 heteroatoms. The van der Waals surface area contributed by atoms with Gasteiger partial charge in [-0.15, -0.1) is 11.8 Å². The number of nitrogens with one attached hydrogen (secondary N) is 1. The Morgan fingerprint density at radius 1 is 1.20 bits per heavy atom. The summed E-state index contributed by atoms with van der Waals surface area (Å²) in [6.07, 6.45) is 5.50. The maximum atomic E-state index is 11.9. The van der Waals surface area contributed by atoms with E-state index >= 15 is 0 Å². The molecule has 2 saturated carbocycles. The average molecular weight is 382 g/mol. The fourth-order valence-electron chi connectivity index (χ4n) is 3.99. The first-order chi connectivity index (χ1) is 12.1. The van der Waals surface area contributed by atoms with Crippen LogP contribution in [0.5, 0.6) is 0 Å². The molecule has 2 bridgehead atoms. The summed E-state index contributed by atoms with van der Waals surface area (Å²) in [4.78, 5) is 24.8. The first-order valence-corrected chi connectivity index (χ1v) is 10.3. The number of hydrogen-bond acceptors (Lipinski definition) is 4. The number of amides is 1. The summed E-state index contributed by atoms with van der Waals surface area (Å²) in [6.45, 7) is 0.362. The Morgan fingerprint density at radius 3 is 2.68 bits per heavy atom. The topological polar surface area (TPSA) is 55.4 Å². The van der Waals surface area contributed by atoms with Crippen molar-refractivity contribution in [1.82, 2.24) is 5.32 Å². The highest BCUT2D eigenvalue weighted by molar-refractivity contribution is 7.99. The molecule has 0 saturated heterocycles. The van der Waals surface area contributed by atoms with Crippen molar-refractivity contribution < 1.29 is 14.3 Å². The van der Waals surface area contributed by atoms with Gasteiger partial charge in [-0.1, -0.05) is 18.0 Å². The Bertz CT molecular complexity index is 607.